The van der Waals surface area contributed by atoms with E-state index >= 15 is 0 Å². The molecular weight excluding hydrogens is 265 g/mol. The van der Waals surface area contributed by atoms with Gasteiger partial charge >= 0.3 is 7.12 Å². The van der Waals surface area contributed by atoms with Crippen molar-refractivity contribution in [2.45, 2.75) is 37.1 Å². The van der Waals surface area contributed by atoms with Crippen LogP contribution in [-0.4, -0.2) is 42.5 Å². The van der Waals surface area contributed by atoms with Crippen molar-refractivity contribution in [3.8, 4) is 0 Å². The van der Waals surface area contributed by atoms with Crippen molar-refractivity contribution < 1.29 is 18.5 Å². The molecule has 1 aromatic carbocycles. The van der Waals surface area contributed by atoms with Crippen LogP contribution in [0.2, 0.25) is 0 Å². The molecule has 0 bridgehead atoms. The molecule has 0 aliphatic carbocycles. The number of hydrogen-bond donors (Lipinski definition) is 2. The monoisotopic (exact) mass is 283 g/mol. The molecule has 1 heterocycles. The van der Waals surface area contributed by atoms with Crippen LogP contribution in [0.15, 0.2) is 29.2 Å². The van der Waals surface area contributed by atoms with Gasteiger partial charge in [-0.05, 0) is 37.4 Å². The Hall–Kier alpha value is -0.885. The van der Waals surface area contributed by atoms with E-state index in [-0.39, 0.29) is 16.4 Å². The fraction of sp³-hybridized carbons (Fsp3) is 0.500. The summed E-state index contributed by atoms with van der Waals surface area (Å²) in [5.41, 5.74) is 0.186. The minimum absolute atomic E-state index is 0.0125. The highest BCUT2D eigenvalue weighted by atomic mass is 32.2. The lowest BCUT2D eigenvalue weighted by Crippen LogP contribution is -2.42. The summed E-state index contributed by atoms with van der Waals surface area (Å²) in [5, 5.41) is 18.2. The Bertz CT molecular complexity index is 546. The van der Waals surface area contributed by atoms with Crippen molar-refractivity contribution in [2.24, 2.45) is 0 Å². The van der Waals surface area contributed by atoms with Crippen molar-refractivity contribution in [1.29, 1.82) is 0 Å². The van der Waals surface area contributed by atoms with Crippen LogP contribution >= 0.6 is 0 Å². The van der Waals surface area contributed by atoms with Crippen molar-refractivity contribution in [3.05, 3.63) is 24.3 Å². The van der Waals surface area contributed by atoms with E-state index in [1.54, 1.807) is 0 Å². The van der Waals surface area contributed by atoms with Crippen LogP contribution in [-0.2, 0) is 10.0 Å². The molecule has 0 unspecified atom stereocenters. The molecule has 1 aliphatic rings. The van der Waals surface area contributed by atoms with E-state index in [4.69, 9.17) is 10.0 Å². The highest BCUT2D eigenvalue weighted by Gasteiger charge is 2.31. The van der Waals surface area contributed by atoms with Crippen LogP contribution < -0.4 is 5.46 Å². The molecule has 1 saturated heterocycles. The Balaban J connectivity index is 2.36. The maximum atomic E-state index is 12.5. The summed E-state index contributed by atoms with van der Waals surface area (Å²) in [5.74, 6) is 0. The summed E-state index contributed by atoms with van der Waals surface area (Å²) in [7, 11) is -5.21. The van der Waals surface area contributed by atoms with Crippen LogP contribution in [0.5, 0.6) is 0 Å². The summed E-state index contributed by atoms with van der Waals surface area (Å²) in [6.07, 6.45) is 2.77. The summed E-state index contributed by atoms with van der Waals surface area (Å²) < 4.78 is 26.6. The number of hydrogen-bond acceptors (Lipinski definition) is 4. The fourth-order valence-electron chi connectivity index (χ4n) is 2.40. The molecule has 0 aromatic heterocycles. The molecule has 7 heteroatoms. The van der Waals surface area contributed by atoms with Gasteiger partial charge in [0.1, 0.15) is 0 Å². The molecule has 0 spiro atoms. The third kappa shape index (κ3) is 3.00. The first-order valence-electron chi connectivity index (χ1n) is 6.41. The molecule has 2 rings (SSSR count). The van der Waals surface area contributed by atoms with Gasteiger partial charge in [0.15, 0.2) is 0 Å². The number of sulfonamides is 1. The molecule has 0 amide bonds. The van der Waals surface area contributed by atoms with Crippen LogP contribution in [0.3, 0.4) is 0 Å². The van der Waals surface area contributed by atoms with Crippen molar-refractivity contribution in [2.75, 3.05) is 6.54 Å². The van der Waals surface area contributed by atoms with Gasteiger partial charge in [-0.3, -0.25) is 0 Å². The lowest BCUT2D eigenvalue weighted by Gasteiger charge is -2.32. The van der Waals surface area contributed by atoms with Crippen LogP contribution in [0.1, 0.15) is 26.2 Å². The summed E-state index contributed by atoms with van der Waals surface area (Å²) in [6.45, 7) is 2.43. The van der Waals surface area contributed by atoms with E-state index in [0.29, 0.717) is 6.54 Å². The Kier molecular flexibility index (Phi) is 4.30. The Morgan fingerprint density at radius 2 is 2.05 bits per heavy atom. The predicted octanol–water partition coefficient (Wildman–Crippen LogP) is -0.0705. The average molecular weight is 283 g/mol. The maximum absolute atomic E-state index is 12.5. The van der Waals surface area contributed by atoms with Gasteiger partial charge < -0.3 is 10.0 Å². The molecule has 104 valence electrons. The largest absolute Gasteiger partial charge is 0.488 e. The molecule has 5 nitrogen and oxygen atoms in total. The minimum Gasteiger partial charge on any atom is -0.423 e. The molecule has 1 fully saturated rings. The zero-order chi connectivity index (χ0) is 14.0. The summed E-state index contributed by atoms with van der Waals surface area (Å²) >= 11 is 0. The highest BCUT2D eigenvalue weighted by molar-refractivity contribution is 7.89. The van der Waals surface area contributed by atoms with Crippen molar-refractivity contribution >= 4 is 22.6 Å². The number of rotatable bonds is 3. The van der Waals surface area contributed by atoms with Crippen molar-refractivity contribution in [3.63, 3.8) is 0 Å². The second-order valence-electron chi connectivity index (χ2n) is 4.91. The first-order chi connectivity index (χ1) is 8.93. The van der Waals surface area contributed by atoms with Gasteiger partial charge in [0.05, 0.1) is 4.90 Å². The van der Waals surface area contributed by atoms with Gasteiger partial charge in [0.2, 0.25) is 10.0 Å². The van der Waals surface area contributed by atoms with E-state index in [1.165, 1.54) is 28.6 Å². The summed E-state index contributed by atoms with van der Waals surface area (Å²) in [4.78, 5) is 0.117. The van der Waals surface area contributed by atoms with Crippen LogP contribution in [0.25, 0.3) is 0 Å². The second-order valence-corrected chi connectivity index (χ2v) is 6.80. The lowest BCUT2D eigenvalue weighted by atomic mass is 9.80. The number of benzene rings is 1. The van der Waals surface area contributed by atoms with Gasteiger partial charge in [0.25, 0.3) is 0 Å². The SMILES string of the molecule is C[C@H]1CCCCN1S(=O)(=O)c1cccc(B(O)O)c1. The van der Waals surface area contributed by atoms with E-state index < -0.39 is 17.1 Å². The zero-order valence-corrected chi connectivity index (χ0v) is 11.7. The quantitative estimate of drug-likeness (QED) is 0.761. The van der Waals surface area contributed by atoms with Gasteiger partial charge in [-0.2, -0.15) is 4.31 Å². The van der Waals surface area contributed by atoms with Gasteiger partial charge in [-0.25, -0.2) is 8.42 Å². The van der Waals surface area contributed by atoms with Crippen molar-refractivity contribution in [1.82, 2.24) is 4.31 Å². The zero-order valence-electron chi connectivity index (χ0n) is 10.9. The first kappa shape index (κ1) is 14.5. The Morgan fingerprint density at radius 1 is 1.32 bits per heavy atom. The van der Waals surface area contributed by atoms with E-state index in [0.717, 1.165) is 19.3 Å². The molecule has 0 saturated carbocycles. The standard InChI is InChI=1S/C12H18BNO4S/c1-10-5-2-3-8-14(10)19(17,18)12-7-4-6-11(9-12)13(15)16/h4,6-7,9-10,15-16H,2-3,5,8H2,1H3/t10-/m0/s1. The lowest BCUT2D eigenvalue weighted by molar-refractivity contribution is 0.268. The van der Waals surface area contributed by atoms with E-state index in [9.17, 15) is 8.42 Å². The fourth-order valence-corrected chi connectivity index (χ4v) is 4.15. The maximum Gasteiger partial charge on any atom is 0.488 e. The van der Waals surface area contributed by atoms with E-state index in [1.807, 2.05) is 6.92 Å². The van der Waals surface area contributed by atoms with Gasteiger partial charge in [0, 0.05) is 12.6 Å². The topological polar surface area (TPSA) is 77.8 Å². The molecule has 1 aromatic rings. The molecule has 19 heavy (non-hydrogen) atoms. The molecular formula is C12H18BNO4S. The predicted molar refractivity (Wildman–Crippen MR) is 73.5 cm³/mol. The summed E-state index contributed by atoms with van der Waals surface area (Å²) in [6, 6.07) is 5.81. The minimum atomic E-state index is -3.56. The number of nitrogens with zero attached hydrogens (tertiary/aromatic N) is 1. The third-order valence-corrected chi connectivity index (χ3v) is 5.51. The number of piperidine rings is 1. The second kappa shape index (κ2) is 5.62. The van der Waals surface area contributed by atoms with Gasteiger partial charge in [-0.1, -0.05) is 18.6 Å². The highest BCUT2D eigenvalue weighted by Crippen LogP contribution is 2.24. The average Bonchev–Trinajstić information content (AvgIpc) is 2.39. The van der Waals surface area contributed by atoms with Crippen LogP contribution in [0, 0.1) is 0 Å². The molecule has 1 aliphatic heterocycles. The Morgan fingerprint density at radius 3 is 2.68 bits per heavy atom. The van der Waals surface area contributed by atoms with E-state index in [2.05, 4.69) is 0 Å². The smallest absolute Gasteiger partial charge is 0.423 e. The third-order valence-electron chi connectivity index (χ3n) is 3.50. The molecule has 0 radical (unpaired) electrons. The molecule has 1 atom stereocenters. The van der Waals surface area contributed by atoms with Crippen LogP contribution in [0.4, 0.5) is 0 Å². The normalized spacial score (nSPS) is 21.3. The first-order valence-corrected chi connectivity index (χ1v) is 7.85. The van der Waals surface area contributed by atoms with Gasteiger partial charge in [-0.15, -0.1) is 0 Å². The molecule has 2 N–H and O–H groups in total. The Labute approximate surface area is 114 Å².